The second kappa shape index (κ2) is 9.65. The zero-order valence-corrected chi connectivity index (χ0v) is 16.6. The number of nitrogens with zero attached hydrogens (tertiary/aromatic N) is 3. The molecule has 6 nitrogen and oxygen atoms in total. The molecule has 0 bridgehead atoms. The standard InChI is InChI=1S/C20H16N4O2S.ClH/c1-2-14-6-3-4-9-18(14)22-12-16(11-21)20-23-19(13-27-20)15-7-5-8-17(10-15)24(25)26;/h3-10,12-13,22H,2H2,1H3;1H/b16-12+;. The van der Waals surface area contributed by atoms with Crippen LogP contribution >= 0.6 is 23.7 Å². The van der Waals surface area contributed by atoms with Crippen LogP contribution in [0.4, 0.5) is 11.4 Å². The molecule has 1 aromatic heterocycles. The minimum atomic E-state index is -0.438. The Morgan fingerprint density at radius 2 is 2.11 bits per heavy atom. The van der Waals surface area contributed by atoms with Crippen molar-refractivity contribution in [2.45, 2.75) is 13.3 Å². The number of para-hydroxylation sites is 1. The van der Waals surface area contributed by atoms with Gasteiger partial charge in [-0.25, -0.2) is 4.98 Å². The van der Waals surface area contributed by atoms with E-state index in [0.717, 1.165) is 17.7 Å². The first-order valence-electron chi connectivity index (χ1n) is 8.27. The van der Waals surface area contributed by atoms with Gasteiger partial charge in [-0.15, -0.1) is 23.7 Å². The summed E-state index contributed by atoms with van der Waals surface area (Å²) < 4.78 is 0. The van der Waals surface area contributed by atoms with E-state index >= 15 is 0 Å². The molecule has 3 rings (SSSR count). The maximum absolute atomic E-state index is 10.9. The van der Waals surface area contributed by atoms with Crippen LogP contribution in [0.25, 0.3) is 16.8 Å². The Hall–Kier alpha value is -3.21. The van der Waals surface area contributed by atoms with Gasteiger partial charge < -0.3 is 5.32 Å². The quantitative estimate of drug-likeness (QED) is 0.319. The Morgan fingerprint density at radius 1 is 1.32 bits per heavy atom. The summed E-state index contributed by atoms with van der Waals surface area (Å²) in [7, 11) is 0. The van der Waals surface area contributed by atoms with Crippen molar-refractivity contribution < 1.29 is 4.92 Å². The summed E-state index contributed by atoms with van der Waals surface area (Å²) in [4.78, 5) is 15.0. The molecule has 0 spiro atoms. The lowest BCUT2D eigenvalue weighted by Gasteiger charge is -2.07. The molecule has 0 saturated heterocycles. The van der Waals surface area contributed by atoms with Crippen molar-refractivity contribution in [2.24, 2.45) is 0 Å². The van der Waals surface area contributed by atoms with Gasteiger partial charge in [-0.05, 0) is 18.1 Å². The molecular weight excluding hydrogens is 396 g/mol. The number of aromatic nitrogens is 1. The van der Waals surface area contributed by atoms with Crippen LogP contribution in [0.3, 0.4) is 0 Å². The molecule has 142 valence electrons. The lowest BCUT2D eigenvalue weighted by atomic mass is 10.1. The number of nitriles is 1. The molecule has 0 unspecified atom stereocenters. The van der Waals surface area contributed by atoms with Crippen LogP contribution in [0.1, 0.15) is 17.5 Å². The van der Waals surface area contributed by atoms with Gasteiger partial charge in [0.2, 0.25) is 0 Å². The third-order valence-electron chi connectivity index (χ3n) is 3.98. The summed E-state index contributed by atoms with van der Waals surface area (Å²) in [5, 5.41) is 26.0. The number of halogens is 1. The molecule has 28 heavy (non-hydrogen) atoms. The van der Waals surface area contributed by atoms with Crippen molar-refractivity contribution in [3.05, 3.63) is 80.8 Å². The fourth-order valence-electron chi connectivity index (χ4n) is 2.57. The number of rotatable bonds is 6. The lowest BCUT2D eigenvalue weighted by molar-refractivity contribution is -0.384. The van der Waals surface area contributed by atoms with E-state index in [-0.39, 0.29) is 18.1 Å². The highest BCUT2D eigenvalue weighted by Crippen LogP contribution is 2.28. The molecule has 0 amide bonds. The average molecular weight is 413 g/mol. The topological polar surface area (TPSA) is 91.8 Å². The predicted molar refractivity (Wildman–Crippen MR) is 114 cm³/mol. The van der Waals surface area contributed by atoms with E-state index in [9.17, 15) is 15.4 Å². The van der Waals surface area contributed by atoms with Crippen molar-refractivity contribution in [1.29, 1.82) is 5.26 Å². The Balaban J connectivity index is 0.00000280. The van der Waals surface area contributed by atoms with Gasteiger partial charge in [-0.1, -0.05) is 37.3 Å². The number of hydrogen-bond acceptors (Lipinski definition) is 6. The number of non-ortho nitro benzene ring substituents is 1. The largest absolute Gasteiger partial charge is 0.360 e. The summed E-state index contributed by atoms with van der Waals surface area (Å²) in [5.41, 5.74) is 3.77. The SMILES string of the molecule is CCc1ccccc1N/C=C(\C#N)c1nc(-c2cccc([N+](=O)[O-])c2)cs1.Cl. The summed E-state index contributed by atoms with van der Waals surface area (Å²) in [6.07, 6.45) is 2.53. The van der Waals surface area contributed by atoms with Gasteiger partial charge in [0, 0.05) is 35.0 Å². The normalized spacial score (nSPS) is 10.6. The van der Waals surface area contributed by atoms with E-state index in [1.807, 2.05) is 24.3 Å². The summed E-state index contributed by atoms with van der Waals surface area (Å²) in [6, 6.07) is 16.4. The van der Waals surface area contributed by atoms with Crippen LogP contribution in [0.5, 0.6) is 0 Å². The van der Waals surface area contributed by atoms with Crippen molar-refractivity contribution in [2.75, 3.05) is 5.32 Å². The number of nitro benzene ring substituents is 1. The van der Waals surface area contributed by atoms with E-state index in [4.69, 9.17) is 0 Å². The smallest absolute Gasteiger partial charge is 0.270 e. The number of anilines is 1. The maximum Gasteiger partial charge on any atom is 0.270 e. The van der Waals surface area contributed by atoms with E-state index in [1.165, 1.54) is 23.5 Å². The monoisotopic (exact) mass is 412 g/mol. The van der Waals surface area contributed by atoms with Crippen molar-refractivity contribution >= 4 is 40.7 Å². The first kappa shape index (κ1) is 21.1. The molecule has 0 radical (unpaired) electrons. The number of aryl methyl sites for hydroxylation is 1. The van der Waals surface area contributed by atoms with Crippen LogP contribution in [-0.4, -0.2) is 9.91 Å². The van der Waals surface area contributed by atoms with E-state index in [2.05, 4.69) is 23.3 Å². The van der Waals surface area contributed by atoms with Crippen LogP contribution in [-0.2, 0) is 6.42 Å². The maximum atomic E-state index is 10.9. The van der Waals surface area contributed by atoms with Crippen molar-refractivity contribution in [1.82, 2.24) is 4.98 Å². The van der Waals surface area contributed by atoms with E-state index in [1.54, 1.807) is 23.7 Å². The molecule has 1 heterocycles. The van der Waals surface area contributed by atoms with Gasteiger partial charge in [0.1, 0.15) is 16.6 Å². The van der Waals surface area contributed by atoms with Crippen LogP contribution in [0.2, 0.25) is 0 Å². The van der Waals surface area contributed by atoms with Crippen LogP contribution < -0.4 is 5.32 Å². The average Bonchev–Trinajstić information content (AvgIpc) is 3.19. The lowest BCUT2D eigenvalue weighted by Crippen LogP contribution is -1.95. The molecule has 2 aromatic carbocycles. The molecule has 0 aliphatic rings. The highest BCUT2D eigenvalue weighted by molar-refractivity contribution is 7.11. The zero-order valence-electron chi connectivity index (χ0n) is 15.0. The summed E-state index contributed by atoms with van der Waals surface area (Å²) >= 11 is 1.32. The fourth-order valence-corrected chi connectivity index (χ4v) is 3.36. The molecule has 0 aliphatic heterocycles. The highest BCUT2D eigenvalue weighted by atomic mass is 35.5. The minimum absolute atomic E-state index is 0. The number of thiazole rings is 1. The first-order valence-corrected chi connectivity index (χ1v) is 9.15. The predicted octanol–water partition coefficient (Wildman–Crippen LogP) is 5.68. The minimum Gasteiger partial charge on any atom is -0.360 e. The molecule has 3 aromatic rings. The molecular formula is C20H17ClN4O2S. The molecule has 0 saturated carbocycles. The zero-order chi connectivity index (χ0) is 19.2. The van der Waals surface area contributed by atoms with Gasteiger partial charge in [0.25, 0.3) is 5.69 Å². The molecule has 0 aliphatic carbocycles. The van der Waals surface area contributed by atoms with Gasteiger partial charge >= 0.3 is 0 Å². The number of nitrogens with one attached hydrogen (secondary N) is 1. The molecule has 1 N–H and O–H groups in total. The number of allylic oxidation sites excluding steroid dienone is 1. The first-order chi connectivity index (χ1) is 13.1. The van der Waals surface area contributed by atoms with Crippen molar-refractivity contribution in [3.8, 4) is 17.3 Å². The number of benzene rings is 2. The fraction of sp³-hybridized carbons (Fsp3) is 0.100. The van der Waals surface area contributed by atoms with Gasteiger partial charge in [-0.3, -0.25) is 10.1 Å². The Labute approximate surface area is 172 Å². The Bertz CT molecular complexity index is 1060. The van der Waals surface area contributed by atoms with E-state index in [0.29, 0.717) is 21.8 Å². The Morgan fingerprint density at radius 3 is 2.82 bits per heavy atom. The Kier molecular flexibility index (Phi) is 7.27. The van der Waals surface area contributed by atoms with E-state index < -0.39 is 4.92 Å². The number of hydrogen-bond donors (Lipinski definition) is 1. The molecule has 8 heteroatoms. The van der Waals surface area contributed by atoms with Gasteiger partial charge in [0.15, 0.2) is 0 Å². The van der Waals surface area contributed by atoms with Gasteiger partial charge in [0.05, 0.1) is 10.6 Å². The van der Waals surface area contributed by atoms with Crippen LogP contribution in [0, 0.1) is 21.4 Å². The van der Waals surface area contributed by atoms with Gasteiger partial charge in [-0.2, -0.15) is 5.26 Å². The highest BCUT2D eigenvalue weighted by Gasteiger charge is 2.12. The molecule has 0 atom stereocenters. The van der Waals surface area contributed by atoms with Crippen molar-refractivity contribution in [3.63, 3.8) is 0 Å². The second-order valence-corrected chi connectivity index (χ2v) is 6.53. The summed E-state index contributed by atoms with van der Waals surface area (Å²) in [5.74, 6) is 0. The second-order valence-electron chi connectivity index (χ2n) is 5.67. The third kappa shape index (κ3) is 4.74. The molecule has 0 fully saturated rings. The van der Waals surface area contributed by atoms with Crippen LogP contribution in [0.15, 0.2) is 60.1 Å². The summed E-state index contributed by atoms with van der Waals surface area (Å²) in [6.45, 7) is 2.07. The third-order valence-corrected chi connectivity index (χ3v) is 4.85. The number of nitro groups is 1.